The lowest BCUT2D eigenvalue weighted by atomic mass is 10.2. The van der Waals surface area contributed by atoms with Crippen molar-refractivity contribution in [2.24, 2.45) is 0 Å². The molecule has 0 spiro atoms. The van der Waals surface area contributed by atoms with Crippen LogP contribution in [-0.4, -0.2) is 46.7 Å². The Morgan fingerprint density at radius 3 is 2.48 bits per heavy atom. The van der Waals surface area contributed by atoms with E-state index in [1.807, 2.05) is 6.07 Å². The minimum atomic E-state index is -3.78. The molecule has 3 rings (SSSR count). The van der Waals surface area contributed by atoms with Gasteiger partial charge < -0.3 is 19.5 Å². The zero-order valence-corrected chi connectivity index (χ0v) is 16.4. The highest BCUT2D eigenvalue weighted by molar-refractivity contribution is 7.89. The second-order valence-corrected chi connectivity index (χ2v) is 7.87. The molecular weight excluding hydrogens is 400 g/mol. The van der Waals surface area contributed by atoms with E-state index in [4.69, 9.17) is 9.47 Å². The fraction of sp³-hybridized carbons (Fsp3) is 0.263. The number of sulfonamides is 1. The topological polar surface area (TPSA) is 120 Å². The maximum atomic E-state index is 12.4. The molecule has 1 aliphatic heterocycles. The van der Waals surface area contributed by atoms with E-state index in [0.717, 1.165) is 0 Å². The summed E-state index contributed by atoms with van der Waals surface area (Å²) in [7, 11) is -2.55. The Morgan fingerprint density at radius 2 is 1.79 bits per heavy atom. The predicted octanol–water partition coefficient (Wildman–Crippen LogP) is 1.31. The van der Waals surface area contributed by atoms with Gasteiger partial charge in [0.25, 0.3) is 5.91 Å². The minimum Gasteiger partial charge on any atom is -0.485 e. The van der Waals surface area contributed by atoms with Crippen LogP contribution in [0.1, 0.15) is 6.42 Å². The second-order valence-electron chi connectivity index (χ2n) is 6.10. The van der Waals surface area contributed by atoms with Crippen molar-refractivity contribution in [1.29, 1.82) is 0 Å². The average molecular weight is 420 g/mol. The molecule has 154 valence electrons. The molecule has 2 aromatic carbocycles. The molecule has 1 aliphatic rings. The maximum Gasteiger partial charge on any atom is 0.306 e. The summed E-state index contributed by atoms with van der Waals surface area (Å²) in [5, 5.41) is 2.67. The van der Waals surface area contributed by atoms with Gasteiger partial charge in [-0.3, -0.25) is 9.59 Å². The van der Waals surface area contributed by atoms with Gasteiger partial charge in [-0.15, -0.1) is 0 Å². The van der Waals surface area contributed by atoms with Gasteiger partial charge in [0, 0.05) is 12.2 Å². The van der Waals surface area contributed by atoms with E-state index in [1.54, 1.807) is 18.2 Å². The molecule has 2 N–H and O–H groups in total. The van der Waals surface area contributed by atoms with Gasteiger partial charge in [0.1, 0.15) is 6.61 Å². The highest BCUT2D eigenvalue weighted by atomic mass is 32.2. The summed E-state index contributed by atoms with van der Waals surface area (Å²) in [6.07, 6.45) is -0.899. The Bertz CT molecular complexity index is 990. The average Bonchev–Trinajstić information content (AvgIpc) is 2.73. The quantitative estimate of drug-likeness (QED) is 0.648. The van der Waals surface area contributed by atoms with Crippen molar-refractivity contribution in [3.05, 3.63) is 48.5 Å². The number of fused-ring (bicyclic) bond motifs is 1. The van der Waals surface area contributed by atoms with E-state index in [0.29, 0.717) is 17.2 Å². The third kappa shape index (κ3) is 5.24. The van der Waals surface area contributed by atoms with Crippen LogP contribution in [0.2, 0.25) is 0 Å². The van der Waals surface area contributed by atoms with E-state index in [9.17, 15) is 18.0 Å². The van der Waals surface area contributed by atoms with Crippen LogP contribution in [0.15, 0.2) is 53.4 Å². The first kappa shape index (κ1) is 20.6. The summed E-state index contributed by atoms with van der Waals surface area (Å²) < 4.78 is 42.3. The van der Waals surface area contributed by atoms with Crippen LogP contribution in [0.25, 0.3) is 0 Å². The molecule has 0 saturated carbocycles. The van der Waals surface area contributed by atoms with Crippen molar-refractivity contribution in [2.75, 3.05) is 25.6 Å². The van der Waals surface area contributed by atoms with Crippen molar-refractivity contribution in [3.8, 4) is 11.5 Å². The minimum absolute atomic E-state index is 0.00606. The van der Waals surface area contributed by atoms with Crippen LogP contribution < -0.4 is 19.5 Å². The number of nitrogens with one attached hydrogen (secondary N) is 2. The number of para-hydroxylation sites is 2. The number of hydrogen-bond acceptors (Lipinski definition) is 7. The van der Waals surface area contributed by atoms with Crippen molar-refractivity contribution in [1.82, 2.24) is 4.72 Å². The number of rotatable bonds is 7. The predicted molar refractivity (Wildman–Crippen MR) is 103 cm³/mol. The highest BCUT2D eigenvalue weighted by Crippen LogP contribution is 2.31. The number of anilines is 1. The normalized spacial score (nSPS) is 15.4. The summed E-state index contributed by atoms with van der Waals surface area (Å²) in [5.41, 5.74) is 0.408. The zero-order chi connectivity index (χ0) is 20.9. The molecule has 0 bridgehead atoms. The molecule has 0 aromatic heterocycles. The molecule has 9 nitrogen and oxygen atoms in total. The molecular formula is C19H20N2O7S. The second kappa shape index (κ2) is 8.93. The van der Waals surface area contributed by atoms with E-state index >= 15 is 0 Å². The van der Waals surface area contributed by atoms with Gasteiger partial charge in [-0.25, -0.2) is 13.1 Å². The Morgan fingerprint density at radius 1 is 1.10 bits per heavy atom. The fourth-order valence-electron chi connectivity index (χ4n) is 2.56. The van der Waals surface area contributed by atoms with Crippen molar-refractivity contribution < 1.29 is 32.2 Å². The standard InChI is InChI=1S/C19H20N2O7S/c1-26-18(22)10-11-20-29(24,25)14-8-6-13(7-9-14)21-19(23)17-12-27-15-4-2-3-5-16(15)28-17/h2-9,17,20H,10-12H2,1H3,(H,21,23)/t17-/m0/s1. The molecule has 1 heterocycles. The molecule has 29 heavy (non-hydrogen) atoms. The SMILES string of the molecule is COC(=O)CCNS(=O)(=O)c1ccc(NC(=O)[C@@H]2COc3ccccc3O2)cc1. The lowest BCUT2D eigenvalue weighted by Crippen LogP contribution is -2.40. The summed E-state index contributed by atoms with van der Waals surface area (Å²) in [5.74, 6) is 0.137. The monoisotopic (exact) mass is 420 g/mol. The first-order chi connectivity index (χ1) is 13.9. The van der Waals surface area contributed by atoms with Crippen LogP contribution in [-0.2, 0) is 24.3 Å². The molecule has 1 atom stereocenters. The molecule has 0 fully saturated rings. The third-order valence-corrected chi connectivity index (χ3v) is 5.56. The summed E-state index contributed by atoms with van der Waals surface area (Å²) in [6, 6.07) is 12.7. The first-order valence-corrected chi connectivity index (χ1v) is 10.2. The van der Waals surface area contributed by atoms with Crippen LogP contribution >= 0.6 is 0 Å². The van der Waals surface area contributed by atoms with E-state index < -0.39 is 28.0 Å². The van der Waals surface area contributed by atoms with E-state index in [1.165, 1.54) is 31.4 Å². The number of carbonyl (C=O) groups is 2. The van der Waals surface area contributed by atoms with E-state index in [-0.39, 0.29) is 24.5 Å². The number of ether oxygens (including phenoxy) is 3. The smallest absolute Gasteiger partial charge is 0.306 e. The van der Waals surface area contributed by atoms with Crippen LogP contribution in [0.5, 0.6) is 11.5 Å². The Balaban J connectivity index is 1.57. The van der Waals surface area contributed by atoms with Gasteiger partial charge in [0.15, 0.2) is 11.5 Å². The third-order valence-electron chi connectivity index (χ3n) is 4.08. The maximum absolute atomic E-state index is 12.4. The Kier molecular flexibility index (Phi) is 6.35. The van der Waals surface area contributed by atoms with Crippen molar-refractivity contribution >= 4 is 27.6 Å². The molecule has 0 unspecified atom stereocenters. The first-order valence-electron chi connectivity index (χ1n) is 8.75. The lowest BCUT2D eigenvalue weighted by Gasteiger charge is -2.25. The zero-order valence-electron chi connectivity index (χ0n) is 15.6. The summed E-state index contributed by atoms with van der Waals surface area (Å²) in [6.45, 7) is -0.00654. The van der Waals surface area contributed by atoms with Gasteiger partial charge in [0.05, 0.1) is 18.4 Å². The molecule has 0 radical (unpaired) electrons. The Hall–Kier alpha value is -3.11. The molecule has 0 saturated heterocycles. The van der Waals surface area contributed by atoms with E-state index in [2.05, 4.69) is 14.8 Å². The molecule has 2 aromatic rings. The van der Waals surface area contributed by atoms with Crippen LogP contribution in [0.3, 0.4) is 0 Å². The summed E-state index contributed by atoms with van der Waals surface area (Å²) in [4.78, 5) is 23.5. The molecule has 1 amide bonds. The number of methoxy groups -OCH3 is 1. The number of amides is 1. The van der Waals surface area contributed by atoms with Crippen LogP contribution in [0, 0.1) is 0 Å². The number of carbonyl (C=O) groups excluding carboxylic acids is 2. The summed E-state index contributed by atoms with van der Waals surface area (Å²) >= 11 is 0. The lowest BCUT2D eigenvalue weighted by molar-refractivity contribution is -0.140. The number of benzene rings is 2. The van der Waals surface area contributed by atoms with Crippen molar-refractivity contribution in [2.45, 2.75) is 17.4 Å². The van der Waals surface area contributed by atoms with Crippen molar-refractivity contribution in [3.63, 3.8) is 0 Å². The van der Waals surface area contributed by atoms with Gasteiger partial charge in [-0.05, 0) is 36.4 Å². The Labute approximate surface area is 168 Å². The largest absolute Gasteiger partial charge is 0.485 e. The molecule has 10 heteroatoms. The molecule has 0 aliphatic carbocycles. The van der Waals surface area contributed by atoms with Gasteiger partial charge in [0.2, 0.25) is 16.1 Å². The number of hydrogen-bond donors (Lipinski definition) is 2. The van der Waals surface area contributed by atoms with Gasteiger partial charge in [-0.2, -0.15) is 0 Å². The fourth-order valence-corrected chi connectivity index (χ4v) is 3.59. The number of esters is 1. The highest BCUT2D eigenvalue weighted by Gasteiger charge is 2.27. The van der Waals surface area contributed by atoms with Gasteiger partial charge >= 0.3 is 5.97 Å². The van der Waals surface area contributed by atoms with Crippen LogP contribution in [0.4, 0.5) is 5.69 Å². The van der Waals surface area contributed by atoms with Gasteiger partial charge in [-0.1, -0.05) is 12.1 Å².